The summed E-state index contributed by atoms with van der Waals surface area (Å²) in [7, 11) is 0. The van der Waals surface area contributed by atoms with Gasteiger partial charge in [0.25, 0.3) is 5.69 Å². The zero-order chi connectivity index (χ0) is 15.0. The predicted molar refractivity (Wildman–Crippen MR) is 78.8 cm³/mol. The molecule has 1 aliphatic heterocycles. The summed E-state index contributed by atoms with van der Waals surface area (Å²) in [4.78, 5) is 27.8. The molecule has 2 heterocycles. The van der Waals surface area contributed by atoms with Gasteiger partial charge in [-0.25, -0.2) is 4.98 Å². The fourth-order valence-electron chi connectivity index (χ4n) is 2.47. The highest BCUT2D eigenvalue weighted by Crippen LogP contribution is 2.33. The summed E-state index contributed by atoms with van der Waals surface area (Å²) >= 11 is 1.41. The molecule has 3 rings (SSSR count). The Labute approximate surface area is 124 Å². The topological polar surface area (TPSA) is 96.6 Å². The number of nitrogens with zero attached hydrogens (tertiary/aromatic N) is 3. The molecule has 0 saturated carbocycles. The Morgan fingerprint density at radius 2 is 2.14 bits per heavy atom. The van der Waals surface area contributed by atoms with Crippen molar-refractivity contribution >= 4 is 38.3 Å². The van der Waals surface area contributed by atoms with Crippen molar-refractivity contribution in [1.29, 1.82) is 0 Å². The number of aliphatic carboxylic acids is 1. The van der Waals surface area contributed by atoms with Crippen LogP contribution in [0.15, 0.2) is 18.2 Å². The fraction of sp³-hybridized carbons (Fsp3) is 0.385. The Bertz CT molecular complexity index is 707. The molecule has 110 valence electrons. The van der Waals surface area contributed by atoms with Gasteiger partial charge in [0.2, 0.25) is 0 Å². The highest BCUT2D eigenvalue weighted by atomic mass is 32.1. The molecular weight excluding hydrogens is 294 g/mol. The zero-order valence-electron chi connectivity index (χ0n) is 11.1. The Kier molecular flexibility index (Phi) is 3.46. The van der Waals surface area contributed by atoms with Gasteiger partial charge >= 0.3 is 5.97 Å². The number of carboxylic acids is 1. The monoisotopic (exact) mass is 307 g/mol. The summed E-state index contributed by atoms with van der Waals surface area (Å²) in [5.41, 5.74) is 0.795. The molecule has 1 fully saturated rings. The van der Waals surface area contributed by atoms with Gasteiger partial charge in [0, 0.05) is 25.2 Å². The standard InChI is InChI=1S/C13H13N3O4S/c17-12(18)8-3-5-15(6-4-8)13-14-10-2-1-9(16(19)20)7-11(10)21-13/h1-2,7-8H,3-6H2,(H,17,18). The van der Waals surface area contributed by atoms with Crippen molar-refractivity contribution in [3.05, 3.63) is 28.3 Å². The molecule has 21 heavy (non-hydrogen) atoms. The third-order valence-electron chi connectivity index (χ3n) is 3.69. The highest BCUT2D eigenvalue weighted by molar-refractivity contribution is 7.22. The van der Waals surface area contributed by atoms with Crippen LogP contribution in [0.2, 0.25) is 0 Å². The third-order valence-corrected chi connectivity index (χ3v) is 4.77. The van der Waals surface area contributed by atoms with E-state index in [9.17, 15) is 14.9 Å². The number of fused-ring (bicyclic) bond motifs is 1. The Morgan fingerprint density at radius 1 is 1.43 bits per heavy atom. The van der Waals surface area contributed by atoms with E-state index >= 15 is 0 Å². The number of anilines is 1. The van der Waals surface area contributed by atoms with Crippen molar-refractivity contribution in [2.45, 2.75) is 12.8 Å². The lowest BCUT2D eigenvalue weighted by Gasteiger charge is -2.29. The molecule has 0 amide bonds. The summed E-state index contributed by atoms with van der Waals surface area (Å²) in [5.74, 6) is -1.02. The number of piperidine rings is 1. The largest absolute Gasteiger partial charge is 0.481 e. The van der Waals surface area contributed by atoms with Crippen molar-refractivity contribution in [1.82, 2.24) is 4.98 Å². The smallest absolute Gasteiger partial charge is 0.306 e. The average molecular weight is 307 g/mol. The molecule has 1 aromatic carbocycles. The molecule has 0 unspecified atom stereocenters. The van der Waals surface area contributed by atoms with Gasteiger partial charge in [-0.3, -0.25) is 14.9 Å². The van der Waals surface area contributed by atoms with Crippen LogP contribution in [0.3, 0.4) is 0 Å². The van der Waals surface area contributed by atoms with Crippen molar-refractivity contribution < 1.29 is 14.8 Å². The van der Waals surface area contributed by atoms with E-state index in [1.807, 2.05) is 0 Å². The molecule has 1 N–H and O–H groups in total. The molecule has 8 heteroatoms. The molecule has 7 nitrogen and oxygen atoms in total. The molecule has 0 radical (unpaired) electrons. The molecule has 0 aliphatic carbocycles. The van der Waals surface area contributed by atoms with Gasteiger partial charge in [-0.2, -0.15) is 0 Å². The van der Waals surface area contributed by atoms with Crippen molar-refractivity contribution in [3.8, 4) is 0 Å². The van der Waals surface area contributed by atoms with E-state index in [0.717, 1.165) is 15.3 Å². The average Bonchev–Trinajstić information content (AvgIpc) is 2.90. The van der Waals surface area contributed by atoms with Gasteiger partial charge in [-0.05, 0) is 18.9 Å². The van der Waals surface area contributed by atoms with Crippen molar-refractivity contribution in [2.24, 2.45) is 5.92 Å². The molecule has 0 spiro atoms. The summed E-state index contributed by atoms with van der Waals surface area (Å²) in [6.07, 6.45) is 1.21. The number of benzene rings is 1. The quantitative estimate of drug-likeness (QED) is 0.691. The van der Waals surface area contributed by atoms with Gasteiger partial charge in [-0.1, -0.05) is 11.3 Å². The Hall–Kier alpha value is -2.22. The molecule has 0 atom stereocenters. The number of rotatable bonds is 3. The normalized spacial score (nSPS) is 16.3. The Morgan fingerprint density at radius 3 is 2.76 bits per heavy atom. The van der Waals surface area contributed by atoms with Crippen molar-refractivity contribution in [3.63, 3.8) is 0 Å². The highest BCUT2D eigenvalue weighted by Gasteiger charge is 2.26. The third kappa shape index (κ3) is 2.66. The summed E-state index contributed by atoms with van der Waals surface area (Å²) < 4.78 is 0.777. The second-order valence-electron chi connectivity index (χ2n) is 5.01. The van der Waals surface area contributed by atoms with Crippen LogP contribution < -0.4 is 4.90 Å². The SMILES string of the molecule is O=C(O)C1CCN(c2nc3ccc([N+](=O)[O-])cc3s2)CC1. The van der Waals surface area contributed by atoms with E-state index in [1.54, 1.807) is 6.07 Å². The summed E-state index contributed by atoms with van der Waals surface area (Å²) in [6.45, 7) is 1.30. The number of thiazole rings is 1. The molecule has 1 saturated heterocycles. The lowest BCUT2D eigenvalue weighted by atomic mass is 9.98. The number of hydrogen-bond donors (Lipinski definition) is 1. The summed E-state index contributed by atoms with van der Waals surface area (Å²) in [6, 6.07) is 4.63. The maximum absolute atomic E-state index is 10.9. The lowest BCUT2D eigenvalue weighted by Crippen LogP contribution is -2.36. The first-order chi connectivity index (χ1) is 10.0. The number of aromatic nitrogens is 1. The first-order valence-electron chi connectivity index (χ1n) is 6.57. The number of non-ortho nitro benzene ring substituents is 1. The van der Waals surface area contributed by atoms with Gasteiger partial charge in [-0.15, -0.1) is 0 Å². The van der Waals surface area contributed by atoms with Crippen LogP contribution in [0, 0.1) is 16.0 Å². The van der Waals surface area contributed by atoms with Gasteiger partial charge in [0.15, 0.2) is 5.13 Å². The number of hydrogen-bond acceptors (Lipinski definition) is 6. The van der Waals surface area contributed by atoms with Crippen LogP contribution in [0.4, 0.5) is 10.8 Å². The summed E-state index contributed by atoms with van der Waals surface area (Å²) in [5, 5.41) is 20.6. The van der Waals surface area contributed by atoms with Crippen LogP contribution in [0.1, 0.15) is 12.8 Å². The number of nitro benzene ring substituents is 1. The minimum absolute atomic E-state index is 0.0577. The van der Waals surface area contributed by atoms with Crippen LogP contribution in [0.25, 0.3) is 10.2 Å². The van der Waals surface area contributed by atoms with Crippen LogP contribution >= 0.6 is 11.3 Å². The second-order valence-corrected chi connectivity index (χ2v) is 6.01. The van der Waals surface area contributed by atoms with Crippen LogP contribution in [-0.4, -0.2) is 34.1 Å². The minimum Gasteiger partial charge on any atom is -0.481 e. The maximum Gasteiger partial charge on any atom is 0.306 e. The first-order valence-corrected chi connectivity index (χ1v) is 7.39. The molecule has 1 aliphatic rings. The second kappa shape index (κ2) is 5.28. The number of carbonyl (C=O) groups is 1. The van der Waals surface area contributed by atoms with Gasteiger partial charge in [0.05, 0.1) is 21.1 Å². The fourth-order valence-corrected chi connectivity index (χ4v) is 3.52. The zero-order valence-corrected chi connectivity index (χ0v) is 11.9. The van der Waals surface area contributed by atoms with E-state index < -0.39 is 10.9 Å². The van der Waals surface area contributed by atoms with E-state index in [0.29, 0.717) is 25.9 Å². The number of carboxylic acid groups (broad SMARTS) is 1. The van der Waals surface area contributed by atoms with Gasteiger partial charge in [0.1, 0.15) is 0 Å². The maximum atomic E-state index is 10.9. The first kappa shape index (κ1) is 13.7. The molecule has 0 bridgehead atoms. The number of nitro groups is 1. The molecule has 2 aromatic rings. The van der Waals surface area contributed by atoms with E-state index in [2.05, 4.69) is 9.88 Å². The Balaban J connectivity index is 1.82. The minimum atomic E-state index is -0.741. The van der Waals surface area contributed by atoms with Gasteiger partial charge < -0.3 is 10.0 Å². The van der Waals surface area contributed by atoms with E-state index in [1.165, 1.54) is 23.5 Å². The van der Waals surface area contributed by atoms with E-state index in [-0.39, 0.29) is 11.6 Å². The van der Waals surface area contributed by atoms with Crippen LogP contribution in [0.5, 0.6) is 0 Å². The van der Waals surface area contributed by atoms with Crippen LogP contribution in [-0.2, 0) is 4.79 Å². The van der Waals surface area contributed by atoms with Crippen molar-refractivity contribution in [2.75, 3.05) is 18.0 Å². The lowest BCUT2D eigenvalue weighted by molar-refractivity contribution is -0.384. The van der Waals surface area contributed by atoms with E-state index in [4.69, 9.17) is 5.11 Å². The molecular formula is C13H13N3O4S. The predicted octanol–water partition coefficient (Wildman–Crippen LogP) is 2.51. The molecule has 1 aromatic heterocycles.